The molecule has 0 aromatic carbocycles. The van der Waals surface area contributed by atoms with Crippen LogP contribution in [0.15, 0.2) is 43.0 Å². The van der Waals surface area contributed by atoms with Gasteiger partial charge >= 0.3 is 0 Å². The third-order valence-electron chi connectivity index (χ3n) is 8.23. The molecule has 34 heavy (non-hydrogen) atoms. The van der Waals surface area contributed by atoms with Crippen molar-refractivity contribution in [3.63, 3.8) is 0 Å². The van der Waals surface area contributed by atoms with Gasteiger partial charge in [0.15, 0.2) is 0 Å². The molecule has 2 aliphatic rings. The van der Waals surface area contributed by atoms with Crippen LogP contribution >= 0.6 is 0 Å². The molecular weight excluding hydrogens is 430 g/mol. The Morgan fingerprint density at radius 3 is 2.68 bits per heavy atom. The number of pyridine rings is 1. The number of hydrogen-bond acceptors (Lipinski definition) is 6. The van der Waals surface area contributed by atoms with Gasteiger partial charge in [-0.25, -0.2) is 4.98 Å². The summed E-state index contributed by atoms with van der Waals surface area (Å²) in [6.45, 7) is 6.65. The smallest absolute Gasteiger partial charge is 0.271 e. The molecule has 8 heteroatoms. The van der Waals surface area contributed by atoms with E-state index in [1.807, 2.05) is 25.1 Å². The number of nitrogens with one attached hydrogen (secondary N) is 2. The van der Waals surface area contributed by atoms with Crippen molar-refractivity contribution in [1.29, 1.82) is 0 Å². The van der Waals surface area contributed by atoms with Gasteiger partial charge in [-0.2, -0.15) is 0 Å². The van der Waals surface area contributed by atoms with Crippen LogP contribution in [-0.4, -0.2) is 44.0 Å². The first-order chi connectivity index (χ1) is 16.3. The summed E-state index contributed by atoms with van der Waals surface area (Å²) in [6, 6.07) is 5.56. The molecule has 2 saturated carbocycles. The summed E-state index contributed by atoms with van der Waals surface area (Å²) in [7, 11) is 0. The van der Waals surface area contributed by atoms with E-state index in [1.54, 1.807) is 6.20 Å². The second kappa shape index (κ2) is 10.2. The third-order valence-corrected chi connectivity index (χ3v) is 8.23. The van der Waals surface area contributed by atoms with Gasteiger partial charge in [-0.05, 0) is 61.0 Å². The summed E-state index contributed by atoms with van der Waals surface area (Å²) in [4.78, 5) is 38.0. The van der Waals surface area contributed by atoms with Crippen molar-refractivity contribution in [2.24, 2.45) is 29.1 Å². The van der Waals surface area contributed by atoms with E-state index in [0.29, 0.717) is 12.2 Å². The first-order valence-electron chi connectivity index (χ1n) is 12.2. The molecule has 2 aliphatic carbocycles. The average Bonchev–Trinajstić information content (AvgIpc) is 2.85. The van der Waals surface area contributed by atoms with E-state index in [4.69, 9.17) is 0 Å². The molecule has 2 aromatic rings. The number of rotatable bonds is 6. The van der Waals surface area contributed by atoms with Crippen LogP contribution < -0.4 is 10.6 Å². The van der Waals surface area contributed by atoms with Crippen LogP contribution in [0.4, 0.5) is 0 Å². The molecule has 7 atom stereocenters. The summed E-state index contributed by atoms with van der Waals surface area (Å²) in [6.07, 6.45) is 9.17. The minimum Gasteiger partial charge on any atom is -0.392 e. The first-order valence-corrected chi connectivity index (χ1v) is 12.2. The molecule has 0 saturated heterocycles. The van der Waals surface area contributed by atoms with Crippen LogP contribution in [0.3, 0.4) is 0 Å². The SMILES string of the molecule is C[C@@H]1[C@@H]2[C@@H](O)[C@H]([C@H](C)C(=O)NCc3ccccn3)CC[C@]2(C)CC[C@@H]1NC(=O)c1cnccn1. The van der Waals surface area contributed by atoms with Gasteiger partial charge in [-0.3, -0.25) is 19.6 Å². The number of amides is 2. The molecule has 4 rings (SSSR count). The predicted octanol–water partition coefficient (Wildman–Crippen LogP) is 2.75. The van der Waals surface area contributed by atoms with E-state index < -0.39 is 6.10 Å². The number of carbonyl (C=O) groups excluding carboxylic acids is 2. The molecule has 8 nitrogen and oxygen atoms in total. The van der Waals surface area contributed by atoms with Gasteiger partial charge in [0.05, 0.1) is 24.5 Å². The molecule has 2 aromatic heterocycles. The highest BCUT2D eigenvalue weighted by Crippen LogP contribution is 2.55. The molecule has 0 aliphatic heterocycles. The number of fused-ring (bicyclic) bond motifs is 1. The standard InChI is InChI=1S/C26H35N5O3/c1-16(24(33)30-14-18-6-4-5-11-28-18)19-7-9-26(3)10-8-20(17(2)22(26)23(19)32)31-25(34)21-15-27-12-13-29-21/h4-6,11-13,15-17,19-20,22-23,32H,7-10,14H2,1-3H3,(H,30,33)(H,31,34)/t16-,17-,19-,20-,22+,23-,26+/m0/s1. The Morgan fingerprint density at radius 1 is 1.18 bits per heavy atom. The van der Waals surface area contributed by atoms with Crippen molar-refractivity contribution in [3.8, 4) is 0 Å². The highest BCUT2D eigenvalue weighted by molar-refractivity contribution is 5.92. The Labute approximate surface area is 201 Å². The number of aromatic nitrogens is 3. The van der Waals surface area contributed by atoms with E-state index >= 15 is 0 Å². The topological polar surface area (TPSA) is 117 Å². The Morgan fingerprint density at radius 2 is 1.97 bits per heavy atom. The average molecular weight is 466 g/mol. The van der Waals surface area contributed by atoms with Gasteiger partial charge in [0.25, 0.3) is 5.91 Å². The summed E-state index contributed by atoms with van der Waals surface area (Å²) in [5.74, 6) is -0.671. The van der Waals surface area contributed by atoms with Crippen molar-refractivity contribution in [1.82, 2.24) is 25.6 Å². The van der Waals surface area contributed by atoms with Crippen molar-refractivity contribution in [2.45, 2.75) is 65.1 Å². The predicted molar refractivity (Wildman–Crippen MR) is 127 cm³/mol. The Bertz CT molecular complexity index is 988. The van der Waals surface area contributed by atoms with Gasteiger partial charge in [0, 0.05) is 30.6 Å². The lowest BCUT2D eigenvalue weighted by Crippen LogP contribution is -2.58. The van der Waals surface area contributed by atoms with Crippen LogP contribution in [0, 0.1) is 29.1 Å². The molecule has 3 N–H and O–H groups in total. The van der Waals surface area contributed by atoms with Gasteiger partial charge < -0.3 is 15.7 Å². The second-order valence-electron chi connectivity index (χ2n) is 10.3. The molecule has 2 fully saturated rings. The zero-order valence-electron chi connectivity index (χ0n) is 20.1. The monoisotopic (exact) mass is 465 g/mol. The van der Waals surface area contributed by atoms with E-state index in [1.165, 1.54) is 18.6 Å². The van der Waals surface area contributed by atoms with Crippen LogP contribution in [0.25, 0.3) is 0 Å². The molecule has 2 heterocycles. The zero-order chi connectivity index (χ0) is 24.3. The largest absolute Gasteiger partial charge is 0.392 e. The summed E-state index contributed by atoms with van der Waals surface area (Å²) in [5, 5.41) is 17.6. The molecule has 0 unspecified atom stereocenters. The molecule has 0 spiro atoms. The van der Waals surface area contributed by atoms with E-state index in [0.717, 1.165) is 31.4 Å². The van der Waals surface area contributed by atoms with Crippen LogP contribution in [0.5, 0.6) is 0 Å². The maximum atomic E-state index is 12.9. The number of aliphatic hydroxyl groups excluding tert-OH is 1. The Balaban J connectivity index is 1.42. The molecule has 182 valence electrons. The summed E-state index contributed by atoms with van der Waals surface area (Å²) >= 11 is 0. The minimum absolute atomic E-state index is 0.00167. The van der Waals surface area contributed by atoms with E-state index in [2.05, 4.69) is 39.4 Å². The van der Waals surface area contributed by atoms with Crippen molar-refractivity contribution < 1.29 is 14.7 Å². The van der Waals surface area contributed by atoms with Gasteiger partial charge in [0.1, 0.15) is 5.69 Å². The number of aliphatic hydroxyl groups is 1. The Kier molecular flexibility index (Phi) is 7.26. The lowest BCUT2D eigenvalue weighted by Gasteiger charge is -2.56. The normalized spacial score (nSPS) is 31.7. The summed E-state index contributed by atoms with van der Waals surface area (Å²) in [5.41, 5.74) is 1.10. The maximum absolute atomic E-state index is 12.9. The summed E-state index contributed by atoms with van der Waals surface area (Å²) < 4.78 is 0. The lowest BCUT2D eigenvalue weighted by molar-refractivity contribution is -0.142. The number of nitrogens with zero attached hydrogens (tertiary/aromatic N) is 3. The van der Waals surface area contributed by atoms with Crippen molar-refractivity contribution >= 4 is 11.8 Å². The minimum atomic E-state index is -0.611. The fourth-order valence-electron chi connectivity index (χ4n) is 6.19. The molecular formula is C26H35N5O3. The highest BCUT2D eigenvalue weighted by atomic mass is 16.3. The lowest BCUT2D eigenvalue weighted by atomic mass is 9.51. The zero-order valence-corrected chi connectivity index (χ0v) is 20.1. The molecule has 2 amide bonds. The Hall–Kier alpha value is -2.87. The highest BCUT2D eigenvalue weighted by Gasteiger charge is 2.53. The fourth-order valence-corrected chi connectivity index (χ4v) is 6.19. The number of hydrogen-bond donors (Lipinski definition) is 3. The second-order valence-corrected chi connectivity index (χ2v) is 10.3. The van der Waals surface area contributed by atoms with E-state index in [-0.39, 0.29) is 46.9 Å². The van der Waals surface area contributed by atoms with E-state index in [9.17, 15) is 14.7 Å². The van der Waals surface area contributed by atoms with Crippen LogP contribution in [0.1, 0.15) is 62.6 Å². The van der Waals surface area contributed by atoms with Gasteiger partial charge in [-0.1, -0.05) is 26.8 Å². The van der Waals surface area contributed by atoms with Gasteiger partial charge in [-0.15, -0.1) is 0 Å². The quantitative estimate of drug-likeness (QED) is 0.604. The van der Waals surface area contributed by atoms with Crippen molar-refractivity contribution in [3.05, 3.63) is 54.4 Å². The third kappa shape index (κ3) is 4.97. The van der Waals surface area contributed by atoms with Crippen LogP contribution in [0.2, 0.25) is 0 Å². The fraction of sp³-hybridized carbons (Fsp3) is 0.577. The number of carbonyl (C=O) groups is 2. The molecule has 0 bridgehead atoms. The van der Waals surface area contributed by atoms with Crippen molar-refractivity contribution in [2.75, 3.05) is 0 Å². The van der Waals surface area contributed by atoms with Crippen LogP contribution in [-0.2, 0) is 11.3 Å². The first kappa shape index (κ1) is 24.3. The van der Waals surface area contributed by atoms with Gasteiger partial charge in [0.2, 0.25) is 5.91 Å². The maximum Gasteiger partial charge on any atom is 0.271 e. The molecule has 0 radical (unpaired) electrons.